The van der Waals surface area contributed by atoms with Crippen molar-refractivity contribution in [1.29, 1.82) is 0 Å². The van der Waals surface area contributed by atoms with Crippen LogP contribution in [0.3, 0.4) is 0 Å². The Kier molecular flexibility index (Phi) is 9.88. The van der Waals surface area contributed by atoms with E-state index in [1.165, 1.54) is 4.90 Å². The molecule has 260 valence electrons. The molecule has 5 rings (SSSR count). The number of rotatable bonds is 10. The van der Waals surface area contributed by atoms with Gasteiger partial charge < -0.3 is 20.1 Å². The number of nitrogens with one attached hydrogen (secondary N) is 2. The molecule has 0 bridgehead atoms. The maximum absolute atomic E-state index is 14.3. The van der Waals surface area contributed by atoms with Crippen LogP contribution in [0.15, 0.2) is 48.5 Å². The third-order valence-electron chi connectivity index (χ3n) is 9.52. The summed E-state index contributed by atoms with van der Waals surface area (Å²) in [5, 5.41) is 5.18. The van der Waals surface area contributed by atoms with Gasteiger partial charge in [-0.2, -0.15) is 0 Å². The number of ether oxygens (including phenoxy) is 2. The standard InChI is InChI=1S/C37H43ClN4O7/c1-8-37(49-27-16-15-22(3)19-23(27)4)33(46)40-36(37)18-17-25(38)26(20-36)39-30(44)28(29(43)35(5,6)7)42-31(45)32(48-9-2)41(34(42)47)21-24-13-11-10-12-14-24/h1,10-16,19,25-26,28,32H,9,17-18,20-21H2,2-7H3,(H,39,44)(H,40,46). The van der Waals surface area contributed by atoms with Crippen molar-refractivity contribution < 1.29 is 33.4 Å². The summed E-state index contributed by atoms with van der Waals surface area (Å²) in [7, 11) is 0. The number of urea groups is 1. The van der Waals surface area contributed by atoms with E-state index in [0.29, 0.717) is 23.5 Å². The first-order chi connectivity index (χ1) is 23.1. The summed E-state index contributed by atoms with van der Waals surface area (Å²) in [6.07, 6.45) is 5.48. The Labute approximate surface area is 292 Å². The number of aryl methyl sites for hydroxylation is 2. The van der Waals surface area contributed by atoms with Crippen molar-refractivity contribution in [2.45, 2.75) is 102 Å². The highest BCUT2D eigenvalue weighted by atomic mass is 35.5. The van der Waals surface area contributed by atoms with E-state index in [-0.39, 0.29) is 19.6 Å². The minimum absolute atomic E-state index is 0.0217. The Morgan fingerprint density at radius 1 is 1.14 bits per heavy atom. The third kappa shape index (κ3) is 6.40. The van der Waals surface area contributed by atoms with Crippen molar-refractivity contribution in [2.75, 3.05) is 6.61 Å². The summed E-state index contributed by atoms with van der Waals surface area (Å²) in [5.74, 6) is 0.235. The molecule has 2 aliphatic heterocycles. The normalized spacial score (nSPS) is 27.3. The second-order valence-corrected chi connectivity index (χ2v) is 14.6. The molecule has 1 saturated carbocycles. The molecular formula is C37H43ClN4O7. The number of β-lactam (4-membered cyclic amide) rings is 1. The largest absolute Gasteiger partial charge is 0.462 e. The molecule has 2 aromatic carbocycles. The lowest BCUT2D eigenvalue weighted by atomic mass is 9.62. The summed E-state index contributed by atoms with van der Waals surface area (Å²) in [5.41, 5.74) is -1.34. The van der Waals surface area contributed by atoms with Crippen LogP contribution in [0.25, 0.3) is 0 Å². The molecule has 5 amide bonds. The minimum atomic E-state index is -1.81. The SMILES string of the molecule is C#CC1(Oc2ccc(C)cc2C)C(=O)NC12CCC(Cl)C(NC(=O)C(C(=O)C(C)(C)C)N1C(=O)C(OCC)N(Cc3ccccc3)C1=O)C2. The zero-order valence-electron chi connectivity index (χ0n) is 28.7. The maximum atomic E-state index is 14.3. The molecule has 1 aliphatic carbocycles. The smallest absolute Gasteiger partial charge is 0.330 e. The molecule has 0 radical (unpaired) electrons. The number of terminal acetylenes is 1. The molecule has 3 fully saturated rings. The van der Waals surface area contributed by atoms with Gasteiger partial charge in [0.2, 0.25) is 6.23 Å². The summed E-state index contributed by atoms with van der Waals surface area (Å²) < 4.78 is 12.0. The van der Waals surface area contributed by atoms with Crippen LogP contribution >= 0.6 is 11.6 Å². The van der Waals surface area contributed by atoms with Gasteiger partial charge in [-0.1, -0.05) is 68.8 Å². The molecule has 3 aliphatic rings. The Bertz CT molecular complexity index is 1700. The molecular weight excluding hydrogens is 648 g/mol. The van der Waals surface area contributed by atoms with Crippen molar-refractivity contribution in [3.63, 3.8) is 0 Å². The van der Waals surface area contributed by atoms with E-state index in [4.69, 9.17) is 27.5 Å². The first-order valence-electron chi connectivity index (χ1n) is 16.4. The Morgan fingerprint density at radius 3 is 2.43 bits per heavy atom. The average Bonchev–Trinajstić information content (AvgIpc) is 3.26. The highest BCUT2D eigenvalue weighted by Crippen LogP contribution is 2.47. The van der Waals surface area contributed by atoms with E-state index in [9.17, 15) is 24.0 Å². The van der Waals surface area contributed by atoms with Gasteiger partial charge in [-0.05, 0) is 63.1 Å². The zero-order chi connectivity index (χ0) is 35.9. The summed E-state index contributed by atoms with van der Waals surface area (Å²) in [6, 6.07) is 11.1. The molecule has 6 atom stereocenters. The van der Waals surface area contributed by atoms with Crippen LogP contribution in [0.2, 0.25) is 0 Å². The lowest BCUT2D eigenvalue weighted by molar-refractivity contribution is -0.164. The van der Waals surface area contributed by atoms with Crippen molar-refractivity contribution >= 4 is 41.1 Å². The maximum Gasteiger partial charge on any atom is 0.330 e. The second kappa shape index (κ2) is 13.5. The van der Waals surface area contributed by atoms with Crippen molar-refractivity contribution in [1.82, 2.24) is 20.4 Å². The Balaban J connectivity index is 1.45. The van der Waals surface area contributed by atoms with Crippen LogP contribution in [0, 0.1) is 31.6 Å². The van der Waals surface area contributed by atoms with Gasteiger partial charge in [0, 0.05) is 18.1 Å². The lowest BCUT2D eigenvalue weighted by Gasteiger charge is -2.58. The number of ketones is 1. The number of hydrogen-bond acceptors (Lipinski definition) is 7. The van der Waals surface area contributed by atoms with Gasteiger partial charge in [-0.15, -0.1) is 18.0 Å². The third-order valence-corrected chi connectivity index (χ3v) is 10.0. The fourth-order valence-corrected chi connectivity index (χ4v) is 7.13. The van der Waals surface area contributed by atoms with Gasteiger partial charge in [-0.3, -0.25) is 24.1 Å². The van der Waals surface area contributed by atoms with E-state index >= 15 is 0 Å². The molecule has 1 spiro atoms. The number of carbonyl (C=O) groups is 5. The topological polar surface area (TPSA) is 134 Å². The zero-order valence-corrected chi connectivity index (χ0v) is 29.4. The molecule has 2 saturated heterocycles. The number of imide groups is 1. The lowest BCUT2D eigenvalue weighted by Crippen LogP contribution is -2.85. The van der Waals surface area contributed by atoms with Crippen LogP contribution in [0.5, 0.6) is 5.75 Å². The van der Waals surface area contributed by atoms with E-state index in [2.05, 4.69) is 16.6 Å². The summed E-state index contributed by atoms with van der Waals surface area (Å²) in [4.78, 5) is 71.2. The minimum Gasteiger partial charge on any atom is -0.462 e. The van der Waals surface area contributed by atoms with Crippen molar-refractivity contribution in [3.05, 3.63) is 65.2 Å². The molecule has 49 heavy (non-hydrogen) atoms. The quantitative estimate of drug-likeness (QED) is 0.127. The highest BCUT2D eigenvalue weighted by molar-refractivity contribution is 6.21. The number of halogens is 1. The predicted octanol–water partition coefficient (Wildman–Crippen LogP) is 4.01. The number of amides is 5. The molecule has 2 N–H and O–H groups in total. The fourth-order valence-electron chi connectivity index (χ4n) is 6.87. The van der Waals surface area contributed by atoms with E-state index < -0.39 is 69.8 Å². The monoisotopic (exact) mass is 690 g/mol. The van der Waals surface area contributed by atoms with Crippen molar-refractivity contribution in [2.24, 2.45) is 5.41 Å². The molecule has 0 aromatic heterocycles. The number of carbonyl (C=O) groups excluding carboxylic acids is 5. The second-order valence-electron chi connectivity index (χ2n) is 14.0. The first kappa shape index (κ1) is 35.9. The number of alkyl halides is 1. The summed E-state index contributed by atoms with van der Waals surface area (Å²) >= 11 is 6.80. The predicted molar refractivity (Wildman–Crippen MR) is 182 cm³/mol. The van der Waals surface area contributed by atoms with Gasteiger partial charge in [0.1, 0.15) is 11.3 Å². The number of hydrogen-bond donors (Lipinski definition) is 2. The van der Waals surface area contributed by atoms with E-state index in [1.54, 1.807) is 58.0 Å². The van der Waals surface area contributed by atoms with Crippen molar-refractivity contribution in [3.8, 4) is 18.1 Å². The van der Waals surface area contributed by atoms with Crippen LogP contribution < -0.4 is 15.4 Å². The van der Waals surface area contributed by atoms with Crippen LogP contribution in [0.1, 0.15) is 63.6 Å². The average molecular weight is 691 g/mol. The van der Waals surface area contributed by atoms with E-state index in [1.807, 2.05) is 32.0 Å². The Hall–Kier alpha value is -4.40. The van der Waals surface area contributed by atoms with Crippen LogP contribution in [-0.4, -0.2) is 80.8 Å². The van der Waals surface area contributed by atoms with Gasteiger partial charge in [-0.25, -0.2) is 9.69 Å². The van der Waals surface area contributed by atoms with E-state index in [0.717, 1.165) is 16.7 Å². The number of nitrogens with zero attached hydrogens (tertiary/aromatic N) is 2. The number of Topliss-reactive ketones (excluding diaryl/α,β-unsaturated/α-hetero) is 1. The van der Waals surface area contributed by atoms with Gasteiger partial charge in [0.15, 0.2) is 11.8 Å². The first-order valence-corrected chi connectivity index (χ1v) is 16.9. The van der Waals surface area contributed by atoms with Gasteiger partial charge >= 0.3 is 6.03 Å². The fraction of sp³-hybridized carbons (Fsp3) is 0.486. The molecule has 6 unspecified atom stereocenters. The van der Waals surface area contributed by atoms with Crippen LogP contribution in [0.4, 0.5) is 4.79 Å². The van der Waals surface area contributed by atoms with Crippen LogP contribution in [-0.2, 0) is 30.5 Å². The molecule has 2 aromatic rings. The van der Waals surface area contributed by atoms with Gasteiger partial charge in [0.25, 0.3) is 23.3 Å². The Morgan fingerprint density at radius 2 is 1.84 bits per heavy atom. The molecule has 2 heterocycles. The van der Waals surface area contributed by atoms with Gasteiger partial charge in [0.05, 0.1) is 11.9 Å². The molecule has 12 heteroatoms. The summed E-state index contributed by atoms with van der Waals surface area (Å²) in [6.45, 7) is 10.4. The highest BCUT2D eigenvalue weighted by Gasteiger charge is 2.70. The molecule has 11 nitrogen and oxygen atoms in total. The number of benzene rings is 2.